The van der Waals surface area contributed by atoms with E-state index in [-0.39, 0.29) is 11.7 Å². The molecular weight excluding hydrogens is 322 g/mol. The molecule has 0 aliphatic heterocycles. The zero-order valence-electron chi connectivity index (χ0n) is 14.5. The summed E-state index contributed by atoms with van der Waals surface area (Å²) in [5.74, 6) is -0.269. The summed E-state index contributed by atoms with van der Waals surface area (Å²) in [5.41, 5.74) is 5.71. The van der Waals surface area contributed by atoms with Gasteiger partial charge in [-0.3, -0.25) is 4.79 Å². The molecule has 0 aliphatic rings. The number of hydrogen-bond acceptors (Lipinski definition) is 3. The van der Waals surface area contributed by atoms with Gasteiger partial charge in [0.15, 0.2) is 9.84 Å². The second-order valence-corrected chi connectivity index (χ2v) is 8.47. The molecule has 0 saturated carbocycles. The number of carbonyl (C=O) groups is 1. The van der Waals surface area contributed by atoms with E-state index in [4.69, 9.17) is 0 Å². The Bertz CT molecular complexity index is 847. The fourth-order valence-electron chi connectivity index (χ4n) is 2.86. The van der Waals surface area contributed by atoms with Crippen molar-refractivity contribution in [3.8, 4) is 0 Å². The van der Waals surface area contributed by atoms with E-state index in [0.717, 1.165) is 16.7 Å². The van der Waals surface area contributed by atoms with Crippen LogP contribution in [0.25, 0.3) is 0 Å². The summed E-state index contributed by atoms with van der Waals surface area (Å²) < 4.78 is 22.8. The summed E-state index contributed by atoms with van der Waals surface area (Å²) in [6.45, 7) is 6.57. The van der Waals surface area contributed by atoms with Gasteiger partial charge in [0, 0.05) is 18.4 Å². The Hall–Kier alpha value is -2.14. The molecule has 24 heavy (non-hydrogen) atoms. The van der Waals surface area contributed by atoms with Crippen molar-refractivity contribution in [1.29, 1.82) is 0 Å². The minimum atomic E-state index is -3.12. The van der Waals surface area contributed by atoms with Gasteiger partial charge in [0.05, 0.1) is 5.75 Å². The Morgan fingerprint density at radius 1 is 1.04 bits per heavy atom. The Labute approximate surface area is 143 Å². The third-order valence-electron chi connectivity index (χ3n) is 3.88. The first-order valence-electron chi connectivity index (χ1n) is 7.77. The molecule has 2 aromatic rings. The van der Waals surface area contributed by atoms with Crippen LogP contribution in [0.5, 0.6) is 0 Å². The van der Waals surface area contributed by atoms with Crippen LogP contribution in [-0.2, 0) is 22.1 Å². The Kier molecular flexibility index (Phi) is 5.44. The van der Waals surface area contributed by atoms with Crippen LogP contribution in [0.15, 0.2) is 36.4 Å². The van der Waals surface area contributed by atoms with E-state index >= 15 is 0 Å². The van der Waals surface area contributed by atoms with Crippen molar-refractivity contribution in [2.45, 2.75) is 33.1 Å². The highest BCUT2D eigenvalue weighted by molar-refractivity contribution is 7.89. The van der Waals surface area contributed by atoms with Crippen molar-refractivity contribution in [3.05, 3.63) is 69.8 Å². The average Bonchev–Trinajstić information content (AvgIpc) is 2.44. The maximum atomic E-state index is 12.4. The van der Waals surface area contributed by atoms with E-state index in [1.54, 1.807) is 24.3 Å². The van der Waals surface area contributed by atoms with Gasteiger partial charge in [0.25, 0.3) is 5.91 Å². The molecule has 0 saturated heterocycles. The third kappa shape index (κ3) is 4.93. The minimum absolute atomic E-state index is 0.0652. The predicted octanol–water partition coefficient (Wildman–Crippen LogP) is 3.09. The monoisotopic (exact) mass is 345 g/mol. The number of hydrogen-bond donors (Lipinski definition) is 1. The highest BCUT2D eigenvalue weighted by atomic mass is 32.2. The molecule has 2 aromatic carbocycles. The number of sulfone groups is 1. The molecule has 1 amide bonds. The molecule has 0 spiro atoms. The Morgan fingerprint density at radius 2 is 1.67 bits per heavy atom. The summed E-state index contributed by atoms with van der Waals surface area (Å²) in [7, 11) is -3.12. The van der Waals surface area contributed by atoms with Crippen molar-refractivity contribution in [2.24, 2.45) is 0 Å². The number of aryl methyl sites for hydroxylation is 3. The third-order valence-corrected chi connectivity index (χ3v) is 4.74. The van der Waals surface area contributed by atoms with Gasteiger partial charge in [-0.25, -0.2) is 8.42 Å². The second-order valence-electron chi connectivity index (χ2n) is 6.33. The van der Waals surface area contributed by atoms with Crippen LogP contribution in [0.2, 0.25) is 0 Å². The zero-order valence-corrected chi connectivity index (χ0v) is 15.3. The van der Waals surface area contributed by atoms with Crippen LogP contribution >= 0.6 is 0 Å². The maximum absolute atomic E-state index is 12.4. The summed E-state index contributed by atoms with van der Waals surface area (Å²) >= 11 is 0. The lowest BCUT2D eigenvalue weighted by Crippen LogP contribution is -2.24. The van der Waals surface area contributed by atoms with Gasteiger partial charge in [-0.15, -0.1) is 0 Å². The van der Waals surface area contributed by atoms with Gasteiger partial charge in [0.2, 0.25) is 0 Å². The standard InChI is InChI=1S/C19H23NO3S/c1-13-8-14(2)18(15(3)9-13)11-20-19(21)17-7-5-6-16(10-17)12-24(4,22)23/h5-10H,11-12H2,1-4H3,(H,20,21). The smallest absolute Gasteiger partial charge is 0.251 e. The molecule has 0 radical (unpaired) electrons. The van der Waals surface area contributed by atoms with Crippen LogP contribution in [0.4, 0.5) is 0 Å². The van der Waals surface area contributed by atoms with Gasteiger partial charge in [-0.2, -0.15) is 0 Å². The number of rotatable bonds is 5. The van der Waals surface area contributed by atoms with Crippen molar-refractivity contribution in [1.82, 2.24) is 5.32 Å². The molecule has 0 atom stereocenters. The summed E-state index contributed by atoms with van der Waals surface area (Å²) in [4.78, 5) is 12.4. The highest BCUT2D eigenvalue weighted by Gasteiger charge is 2.11. The first kappa shape index (κ1) is 18.2. The molecule has 4 nitrogen and oxygen atoms in total. The lowest BCUT2D eigenvalue weighted by molar-refractivity contribution is 0.0950. The van der Waals surface area contributed by atoms with Crippen molar-refractivity contribution >= 4 is 15.7 Å². The topological polar surface area (TPSA) is 63.2 Å². The number of benzene rings is 2. The largest absolute Gasteiger partial charge is 0.348 e. The Balaban J connectivity index is 2.12. The molecule has 1 N–H and O–H groups in total. The second kappa shape index (κ2) is 7.18. The fourth-order valence-corrected chi connectivity index (χ4v) is 3.65. The summed E-state index contributed by atoms with van der Waals surface area (Å²) in [6.07, 6.45) is 1.18. The number of carbonyl (C=O) groups excluding carboxylic acids is 1. The molecule has 0 heterocycles. The number of amides is 1. The van der Waals surface area contributed by atoms with Crippen LogP contribution in [0, 0.1) is 20.8 Å². The van der Waals surface area contributed by atoms with Crippen molar-refractivity contribution < 1.29 is 13.2 Å². The summed E-state index contributed by atoms with van der Waals surface area (Å²) in [6, 6.07) is 10.9. The molecule has 0 aromatic heterocycles. The lowest BCUT2D eigenvalue weighted by atomic mass is 10.00. The van der Waals surface area contributed by atoms with Gasteiger partial charge in [-0.1, -0.05) is 29.8 Å². The normalized spacial score (nSPS) is 11.3. The van der Waals surface area contributed by atoms with E-state index in [0.29, 0.717) is 17.7 Å². The van der Waals surface area contributed by atoms with Crippen molar-refractivity contribution in [3.63, 3.8) is 0 Å². The van der Waals surface area contributed by atoms with Gasteiger partial charge >= 0.3 is 0 Å². The molecule has 5 heteroatoms. The van der Waals surface area contributed by atoms with Gasteiger partial charge < -0.3 is 5.32 Å². The van der Waals surface area contributed by atoms with Crippen LogP contribution in [0.1, 0.15) is 38.2 Å². The minimum Gasteiger partial charge on any atom is -0.348 e. The maximum Gasteiger partial charge on any atom is 0.251 e. The van der Waals surface area contributed by atoms with E-state index < -0.39 is 9.84 Å². The van der Waals surface area contributed by atoms with E-state index in [1.807, 2.05) is 13.8 Å². The number of nitrogens with one attached hydrogen (secondary N) is 1. The van der Waals surface area contributed by atoms with Crippen LogP contribution in [0.3, 0.4) is 0 Å². The predicted molar refractivity (Wildman–Crippen MR) is 96.8 cm³/mol. The van der Waals surface area contributed by atoms with E-state index in [9.17, 15) is 13.2 Å². The molecule has 128 valence electrons. The van der Waals surface area contributed by atoms with Gasteiger partial charge in [-0.05, 0) is 55.2 Å². The fraction of sp³-hybridized carbons (Fsp3) is 0.316. The first-order chi connectivity index (χ1) is 11.2. The lowest BCUT2D eigenvalue weighted by Gasteiger charge is -2.13. The molecular formula is C19H23NO3S. The quantitative estimate of drug-likeness (QED) is 0.906. The zero-order chi connectivity index (χ0) is 17.9. The van der Waals surface area contributed by atoms with Crippen LogP contribution < -0.4 is 5.32 Å². The molecule has 0 bridgehead atoms. The highest BCUT2D eigenvalue weighted by Crippen LogP contribution is 2.16. The first-order valence-corrected chi connectivity index (χ1v) is 9.83. The molecule has 2 rings (SSSR count). The Morgan fingerprint density at radius 3 is 2.25 bits per heavy atom. The SMILES string of the molecule is Cc1cc(C)c(CNC(=O)c2cccc(CS(C)(=O)=O)c2)c(C)c1. The van der Waals surface area contributed by atoms with Gasteiger partial charge in [0.1, 0.15) is 0 Å². The summed E-state index contributed by atoms with van der Waals surface area (Å²) in [5, 5.41) is 2.92. The molecule has 0 aliphatic carbocycles. The van der Waals surface area contributed by atoms with E-state index in [2.05, 4.69) is 24.4 Å². The van der Waals surface area contributed by atoms with E-state index in [1.165, 1.54) is 11.8 Å². The molecule has 0 unspecified atom stereocenters. The molecule has 0 fully saturated rings. The van der Waals surface area contributed by atoms with Crippen molar-refractivity contribution in [2.75, 3.05) is 6.26 Å². The average molecular weight is 345 g/mol. The van der Waals surface area contributed by atoms with Crippen LogP contribution in [-0.4, -0.2) is 20.6 Å².